The van der Waals surface area contributed by atoms with Gasteiger partial charge < -0.3 is 4.90 Å². The maximum absolute atomic E-state index is 4.46. The first-order valence-corrected chi connectivity index (χ1v) is 6.55. The molecule has 16 heavy (non-hydrogen) atoms. The molecule has 1 aliphatic carbocycles. The topological polar surface area (TPSA) is 16.1 Å². The van der Waals surface area contributed by atoms with Crippen molar-refractivity contribution < 1.29 is 0 Å². The Morgan fingerprint density at radius 3 is 2.50 bits per heavy atom. The first kappa shape index (κ1) is 10.3. The standard InChI is InChI=1S/C13H15BrN2/c1-9-4-10-7-16(8-11(10)5-9)13-3-2-12(14)6-15-13/h2-3,6,10-11H,1,4-5,7-8H2. The third-order valence-corrected chi connectivity index (χ3v) is 4.18. The van der Waals surface area contributed by atoms with Gasteiger partial charge in [-0.3, -0.25) is 0 Å². The summed E-state index contributed by atoms with van der Waals surface area (Å²) in [6.07, 6.45) is 4.32. The molecule has 0 radical (unpaired) electrons. The molecule has 2 atom stereocenters. The van der Waals surface area contributed by atoms with Gasteiger partial charge in [-0.1, -0.05) is 12.2 Å². The fourth-order valence-corrected chi connectivity index (χ4v) is 3.20. The molecule has 3 heteroatoms. The maximum atomic E-state index is 4.46. The van der Waals surface area contributed by atoms with Crippen molar-refractivity contribution in [2.45, 2.75) is 12.8 Å². The van der Waals surface area contributed by atoms with Crippen molar-refractivity contribution in [3.05, 3.63) is 35.0 Å². The van der Waals surface area contributed by atoms with E-state index < -0.39 is 0 Å². The molecule has 84 valence electrons. The highest BCUT2D eigenvalue weighted by Crippen LogP contribution is 2.41. The monoisotopic (exact) mass is 278 g/mol. The molecule has 1 aromatic rings. The number of halogens is 1. The highest BCUT2D eigenvalue weighted by atomic mass is 79.9. The van der Waals surface area contributed by atoms with E-state index in [4.69, 9.17) is 0 Å². The molecular weight excluding hydrogens is 264 g/mol. The normalized spacial score (nSPS) is 28.6. The van der Waals surface area contributed by atoms with Crippen molar-refractivity contribution in [1.82, 2.24) is 4.98 Å². The second kappa shape index (κ2) is 3.88. The van der Waals surface area contributed by atoms with Gasteiger partial charge in [-0.15, -0.1) is 0 Å². The van der Waals surface area contributed by atoms with Crippen LogP contribution in [0.4, 0.5) is 5.82 Å². The molecule has 2 heterocycles. The molecule has 3 rings (SSSR count). The Kier molecular flexibility index (Phi) is 2.51. The molecule has 2 fully saturated rings. The zero-order valence-electron chi connectivity index (χ0n) is 9.19. The Hall–Kier alpha value is -0.830. The van der Waals surface area contributed by atoms with Gasteiger partial charge in [-0.2, -0.15) is 0 Å². The predicted octanol–water partition coefficient (Wildman–Crippen LogP) is 3.25. The number of hydrogen-bond donors (Lipinski definition) is 0. The summed E-state index contributed by atoms with van der Waals surface area (Å²) in [6.45, 7) is 6.41. The molecule has 1 saturated carbocycles. The Bertz CT molecular complexity index is 396. The lowest BCUT2D eigenvalue weighted by molar-refractivity contribution is 0.494. The third kappa shape index (κ3) is 1.77. The van der Waals surface area contributed by atoms with E-state index in [-0.39, 0.29) is 0 Å². The van der Waals surface area contributed by atoms with E-state index in [1.54, 1.807) is 0 Å². The van der Waals surface area contributed by atoms with Crippen LogP contribution in [-0.4, -0.2) is 18.1 Å². The fourth-order valence-electron chi connectivity index (χ4n) is 2.97. The zero-order chi connectivity index (χ0) is 11.1. The minimum atomic E-state index is 0.818. The second-order valence-electron chi connectivity index (χ2n) is 4.92. The van der Waals surface area contributed by atoms with E-state index in [1.165, 1.54) is 18.4 Å². The van der Waals surface area contributed by atoms with Gasteiger partial charge in [0.05, 0.1) is 0 Å². The van der Waals surface area contributed by atoms with Crippen LogP contribution < -0.4 is 4.90 Å². The van der Waals surface area contributed by atoms with Crippen molar-refractivity contribution in [1.29, 1.82) is 0 Å². The minimum absolute atomic E-state index is 0.818. The van der Waals surface area contributed by atoms with Gasteiger partial charge >= 0.3 is 0 Å². The highest BCUT2D eigenvalue weighted by Gasteiger charge is 2.38. The largest absolute Gasteiger partial charge is 0.356 e. The van der Waals surface area contributed by atoms with Crippen LogP contribution in [0.25, 0.3) is 0 Å². The minimum Gasteiger partial charge on any atom is -0.356 e. The quantitative estimate of drug-likeness (QED) is 0.734. The Morgan fingerprint density at radius 2 is 1.94 bits per heavy atom. The second-order valence-corrected chi connectivity index (χ2v) is 5.83. The SMILES string of the molecule is C=C1CC2CN(c3ccc(Br)cn3)CC2C1. The maximum Gasteiger partial charge on any atom is 0.128 e. The van der Waals surface area contributed by atoms with E-state index in [2.05, 4.69) is 44.5 Å². The summed E-state index contributed by atoms with van der Waals surface area (Å²) < 4.78 is 1.05. The molecule has 0 N–H and O–H groups in total. The summed E-state index contributed by atoms with van der Waals surface area (Å²) in [5.41, 5.74) is 1.44. The van der Waals surface area contributed by atoms with E-state index in [1.807, 2.05) is 6.20 Å². The van der Waals surface area contributed by atoms with Crippen LogP contribution in [0.15, 0.2) is 35.0 Å². The summed E-state index contributed by atoms with van der Waals surface area (Å²) in [5.74, 6) is 2.75. The van der Waals surface area contributed by atoms with Crippen molar-refractivity contribution >= 4 is 21.7 Å². The van der Waals surface area contributed by atoms with Gasteiger partial charge in [0.25, 0.3) is 0 Å². The van der Waals surface area contributed by atoms with Crippen LogP contribution in [0, 0.1) is 11.8 Å². The van der Waals surface area contributed by atoms with Gasteiger partial charge in [-0.05, 0) is 52.7 Å². The number of anilines is 1. The Balaban J connectivity index is 1.75. The summed E-state index contributed by atoms with van der Waals surface area (Å²) in [7, 11) is 0. The lowest BCUT2D eigenvalue weighted by Gasteiger charge is -2.18. The molecule has 1 saturated heterocycles. The van der Waals surface area contributed by atoms with Gasteiger partial charge in [0.2, 0.25) is 0 Å². The zero-order valence-corrected chi connectivity index (χ0v) is 10.8. The molecule has 2 unspecified atom stereocenters. The molecular formula is C13H15BrN2. The smallest absolute Gasteiger partial charge is 0.128 e. The van der Waals surface area contributed by atoms with E-state index in [0.717, 1.165) is 35.2 Å². The lowest BCUT2D eigenvalue weighted by atomic mass is 10.0. The molecule has 0 spiro atoms. The molecule has 0 bridgehead atoms. The van der Waals surface area contributed by atoms with Crippen LogP contribution in [0.3, 0.4) is 0 Å². The first-order chi connectivity index (χ1) is 7.72. The molecule has 2 nitrogen and oxygen atoms in total. The van der Waals surface area contributed by atoms with Gasteiger partial charge in [0, 0.05) is 23.8 Å². The third-order valence-electron chi connectivity index (χ3n) is 3.71. The number of fused-ring (bicyclic) bond motifs is 1. The highest BCUT2D eigenvalue weighted by molar-refractivity contribution is 9.10. The van der Waals surface area contributed by atoms with E-state index in [0.29, 0.717) is 0 Å². The van der Waals surface area contributed by atoms with Crippen LogP contribution in [0.1, 0.15) is 12.8 Å². The fraction of sp³-hybridized carbons (Fsp3) is 0.462. The summed E-state index contributed by atoms with van der Waals surface area (Å²) >= 11 is 3.42. The number of allylic oxidation sites excluding steroid dienone is 1. The Labute approximate surface area is 104 Å². The summed E-state index contributed by atoms with van der Waals surface area (Å²) in [5, 5.41) is 0. The lowest BCUT2D eigenvalue weighted by Crippen LogP contribution is -2.21. The van der Waals surface area contributed by atoms with Crippen molar-refractivity contribution in [2.75, 3.05) is 18.0 Å². The van der Waals surface area contributed by atoms with Crippen LogP contribution in [0.2, 0.25) is 0 Å². The van der Waals surface area contributed by atoms with Crippen molar-refractivity contribution in [2.24, 2.45) is 11.8 Å². The average molecular weight is 279 g/mol. The van der Waals surface area contributed by atoms with Crippen LogP contribution in [-0.2, 0) is 0 Å². The Morgan fingerprint density at radius 1 is 1.25 bits per heavy atom. The van der Waals surface area contributed by atoms with Gasteiger partial charge in [-0.25, -0.2) is 4.98 Å². The van der Waals surface area contributed by atoms with Gasteiger partial charge in [0.1, 0.15) is 5.82 Å². The van der Waals surface area contributed by atoms with Crippen LogP contribution >= 0.6 is 15.9 Å². The molecule has 1 aliphatic heterocycles. The first-order valence-electron chi connectivity index (χ1n) is 5.75. The van der Waals surface area contributed by atoms with E-state index >= 15 is 0 Å². The summed E-state index contributed by atoms with van der Waals surface area (Å²) in [4.78, 5) is 6.87. The summed E-state index contributed by atoms with van der Waals surface area (Å²) in [6, 6.07) is 4.16. The molecule has 2 aliphatic rings. The number of nitrogens with zero attached hydrogens (tertiary/aromatic N) is 2. The number of hydrogen-bond acceptors (Lipinski definition) is 2. The van der Waals surface area contributed by atoms with Crippen molar-refractivity contribution in [3.63, 3.8) is 0 Å². The molecule has 0 aromatic carbocycles. The molecule has 1 aromatic heterocycles. The average Bonchev–Trinajstić information content (AvgIpc) is 2.75. The molecule has 0 amide bonds. The van der Waals surface area contributed by atoms with Gasteiger partial charge in [0.15, 0.2) is 0 Å². The van der Waals surface area contributed by atoms with Crippen LogP contribution in [0.5, 0.6) is 0 Å². The number of pyridine rings is 1. The predicted molar refractivity (Wildman–Crippen MR) is 69.5 cm³/mol. The van der Waals surface area contributed by atoms with E-state index in [9.17, 15) is 0 Å². The number of rotatable bonds is 1. The van der Waals surface area contributed by atoms with Crippen molar-refractivity contribution in [3.8, 4) is 0 Å². The number of aromatic nitrogens is 1.